The van der Waals surface area contributed by atoms with Crippen LogP contribution >= 0.6 is 0 Å². The molecule has 2 aliphatic rings. The Labute approximate surface area is 235 Å². The summed E-state index contributed by atoms with van der Waals surface area (Å²) >= 11 is 0. The van der Waals surface area contributed by atoms with E-state index in [1.165, 1.54) is 0 Å². The van der Waals surface area contributed by atoms with E-state index in [4.69, 9.17) is 10.7 Å². The highest BCUT2D eigenvalue weighted by Crippen LogP contribution is 2.30. The SMILES string of the molecule is CC1=CC(C)=C(CNC(=O)c2cc(-c3ccc(N4CCN(CCN)CC4)nc3)cc3c2cnn3C(C)C)C(=O)C1. The fourth-order valence-electron chi connectivity index (χ4n) is 5.63. The molecule has 0 atom stereocenters. The average Bonchev–Trinajstić information content (AvgIpc) is 3.37. The molecule has 2 aromatic heterocycles. The number of carbonyl (C=O) groups excluding carboxylic acids is 2. The lowest BCUT2D eigenvalue weighted by atomic mass is 9.92. The van der Waals surface area contributed by atoms with Gasteiger partial charge in [-0.3, -0.25) is 19.2 Å². The Morgan fingerprint density at radius 3 is 2.50 bits per heavy atom. The number of rotatable bonds is 8. The zero-order valence-corrected chi connectivity index (χ0v) is 23.9. The molecular weight excluding hydrogens is 502 g/mol. The van der Waals surface area contributed by atoms with Crippen LogP contribution in [0.3, 0.4) is 0 Å². The van der Waals surface area contributed by atoms with Gasteiger partial charge in [-0.25, -0.2) is 4.98 Å². The summed E-state index contributed by atoms with van der Waals surface area (Å²) in [7, 11) is 0. The van der Waals surface area contributed by atoms with Crippen LogP contribution in [0.15, 0.2) is 59.5 Å². The number of pyridine rings is 1. The highest BCUT2D eigenvalue weighted by atomic mass is 16.2. The number of hydrogen-bond acceptors (Lipinski definition) is 7. The van der Waals surface area contributed by atoms with Gasteiger partial charge in [0.25, 0.3) is 5.91 Å². The van der Waals surface area contributed by atoms with E-state index in [9.17, 15) is 9.59 Å². The second-order valence-corrected chi connectivity index (χ2v) is 11.1. The van der Waals surface area contributed by atoms with Crippen molar-refractivity contribution in [1.82, 2.24) is 25.0 Å². The predicted molar refractivity (Wildman–Crippen MR) is 159 cm³/mol. The molecule has 40 heavy (non-hydrogen) atoms. The molecule has 0 radical (unpaired) electrons. The Morgan fingerprint density at radius 2 is 1.85 bits per heavy atom. The number of nitrogens with one attached hydrogen (secondary N) is 1. The standard InChI is InChI=1S/C31H39N7O2/c1-20(2)38-28-16-24(23-5-6-30(33-17-23)37-11-9-36(8-7-32)10-12-37)15-25(27(28)19-35-38)31(40)34-18-26-22(4)13-21(3)14-29(26)39/h5-6,13,15-17,19-20H,7-12,14,18,32H2,1-4H3,(H,34,40). The zero-order valence-electron chi connectivity index (χ0n) is 23.9. The Morgan fingerprint density at radius 1 is 1.07 bits per heavy atom. The molecule has 0 bridgehead atoms. The van der Waals surface area contributed by atoms with Gasteiger partial charge in [-0.1, -0.05) is 11.6 Å². The molecule has 1 aliphatic carbocycles. The van der Waals surface area contributed by atoms with Gasteiger partial charge in [0.15, 0.2) is 5.78 Å². The van der Waals surface area contributed by atoms with Gasteiger partial charge in [0, 0.05) is 81.0 Å². The minimum Gasteiger partial charge on any atom is -0.354 e. The van der Waals surface area contributed by atoms with Crippen molar-refractivity contribution < 1.29 is 9.59 Å². The molecule has 1 saturated heterocycles. The Kier molecular flexibility index (Phi) is 8.14. The third kappa shape index (κ3) is 5.71. The normalized spacial score (nSPS) is 16.7. The fourth-order valence-corrected chi connectivity index (χ4v) is 5.63. The van der Waals surface area contributed by atoms with E-state index in [1.807, 2.05) is 36.9 Å². The number of ketones is 1. The highest BCUT2D eigenvalue weighted by Gasteiger charge is 2.22. The third-order valence-electron chi connectivity index (χ3n) is 7.81. The van der Waals surface area contributed by atoms with E-state index in [1.54, 1.807) is 6.20 Å². The molecule has 9 heteroatoms. The van der Waals surface area contributed by atoms with Gasteiger partial charge in [0.05, 0.1) is 17.3 Å². The molecule has 5 rings (SSSR count). The first-order valence-corrected chi connectivity index (χ1v) is 14.1. The van der Waals surface area contributed by atoms with Crippen molar-refractivity contribution in [2.24, 2.45) is 5.73 Å². The summed E-state index contributed by atoms with van der Waals surface area (Å²) in [5, 5.41) is 8.36. The summed E-state index contributed by atoms with van der Waals surface area (Å²) in [5.74, 6) is 0.790. The molecule has 1 aromatic carbocycles. The number of allylic oxidation sites excluding steroid dienone is 3. The van der Waals surface area contributed by atoms with Crippen LogP contribution in [0.4, 0.5) is 5.82 Å². The number of carbonyl (C=O) groups is 2. The molecule has 0 unspecified atom stereocenters. The van der Waals surface area contributed by atoms with Crippen molar-refractivity contribution in [3.8, 4) is 11.1 Å². The zero-order chi connectivity index (χ0) is 28.4. The maximum atomic E-state index is 13.5. The number of Topliss-reactive ketones (excluding diaryl/α,β-unsaturated/α-hetero) is 1. The molecular formula is C31H39N7O2. The van der Waals surface area contributed by atoms with Crippen LogP contribution in [-0.2, 0) is 4.79 Å². The number of nitrogens with zero attached hydrogens (tertiary/aromatic N) is 5. The van der Waals surface area contributed by atoms with Crippen LogP contribution in [0.5, 0.6) is 0 Å². The van der Waals surface area contributed by atoms with Crippen LogP contribution in [0, 0.1) is 0 Å². The predicted octanol–water partition coefficient (Wildman–Crippen LogP) is 3.73. The van der Waals surface area contributed by atoms with E-state index in [0.717, 1.165) is 71.7 Å². The Bertz CT molecular complexity index is 1480. The van der Waals surface area contributed by atoms with Crippen LogP contribution in [0.2, 0.25) is 0 Å². The molecule has 3 aromatic rings. The molecule has 3 heterocycles. The van der Waals surface area contributed by atoms with Crippen molar-refractivity contribution >= 4 is 28.4 Å². The van der Waals surface area contributed by atoms with E-state index in [0.29, 0.717) is 24.1 Å². The number of fused-ring (bicyclic) bond motifs is 1. The Hall–Kier alpha value is -3.82. The van der Waals surface area contributed by atoms with Gasteiger partial charge in [0.2, 0.25) is 0 Å². The molecule has 1 fully saturated rings. The number of hydrogen-bond donors (Lipinski definition) is 2. The van der Waals surface area contributed by atoms with E-state index in [-0.39, 0.29) is 24.3 Å². The quantitative estimate of drug-likeness (QED) is 0.447. The van der Waals surface area contributed by atoms with Gasteiger partial charge in [0.1, 0.15) is 5.82 Å². The number of aromatic nitrogens is 3. The average molecular weight is 542 g/mol. The molecule has 3 N–H and O–H groups in total. The highest BCUT2D eigenvalue weighted by molar-refractivity contribution is 6.08. The van der Waals surface area contributed by atoms with Crippen molar-refractivity contribution in [2.75, 3.05) is 50.7 Å². The number of benzene rings is 1. The van der Waals surface area contributed by atoms with Crippen molar-refractivity contribution in [1.29, 1.82) is 0 Å². The van der Waals surface area contributed by atoms with E-state index >= 15 is 0 Å². The minimum absolute atomic E-state index is 0.0660. The first-order valence-electron chi connectivity index (χ1n) is 14.1. The largest absolute Gasteiger partial charge is 0.354 e. The van der Waals surface area contributed by atoms with E-state index < -0.39 is 0 Å². The summed E-state index contributed by atoms with van der Waals surface area (Å²) in [6.07, 6.45) is 6.05. The summed E-state index contributed by atoms with van der Waals surface area (Å²) in [6, 6.07) is 8.23. The monoisotopic (exact) mass is 541 g/mol. The topological polar surface area (TPSA) is 109 Å². The molecule has 1 aliphatic heterocycles. The Balaban J connectivity index is 1.42. The van der Waals surface area contributed by atoms with E-state index in [2.05, 4.69) is 52.3 Å². The van der Waals surface area contributed by atoms with Crippen LogP contribution in [-0.4, -0.2) is 77.2 Å². The van der Waals surface area contributed by atoms with Crippen molar-refractivity contribution in [3.05, 3.63) is 65.0 Å². The maximum Gasteiger partial charge on any atom is 0.252 e. The van der Waals surface area contributed by atoms with Gasteiger partial charge in [-0.15, -0.1) is 0 Å². The maximum absolute atomic E-state index is 13.5. The lowest BCUT2D eigenvalue weighted by Crippen LogP contribution is -2.48. The summed E-state index contributed by atoms with van der Waals surface area (Å²) < 4.78 is 1.93. The third-order valence-corrected chi connectivity index (χ3v) is 7.81. The number of nitrogens with two attached hydrogens (primary N) is 1. The molecule has 9 nitrogen and oxygen atoms in total. The number of amides is 1. The lowest BCUT2D eigenvalue weighted by Gasteiger charge is -2.35. The van der Waals surface area contributed by atoms with Crippen LogP contribution in [0.1, 0.15) is 50.5 Å². The smallest absolute Gasteiger partial charge is 0.252 e. The first-order chi connectivity index (χ1) is 19.2. The number of anilines is 1. The second-order valence-electron chi connectivity index (χ2n) is 11.1. The van der Waals surface area contributed by atoms with Gasteiger partial charge in [-0.05, 0) is 63.1 Å². The fraction of sp³-hybridized carbons (Fsp3) is 0.419. The van der Waals surface area contributed by atoms with Crippen LogP contribution in [0.25, 0.3) is 22.0 Å². The summed E-state index contributed by atoms with van der Waals surface area (Å²) in [6.45, 7) is 13.6. The minimum atomic E-state index is -0.227. The van der Waals surface area contributed by atoms with Crippen molar-refractivity contribution in [3.63, 3.8) is 0 Å². The molecule has 1 amide bonds. The molecule has 210 valence electrons. The van der Waals surface area contributed by atoms with Gasteiger partial charge in [-0.2, -0.15) is 5.10 Å². The van der Waals surface area contributed by atoms with Gasteiger partial charge < -0.3 is 16.0 Å². The van der Waals surface area contributed by atoms with Gasteiger partial charge >= 0.3 is 0 Å². The summed E-state index contributed by atoms with van der Waals surface area (Å²) in [5.41, 5.74) is 11.6. The lowest BCUT2D eigenvalue weighted by molar-refractivity contribution is -0.115. The first kappa shape index (κ1) is 27.7. The summed E-state index contributed by atoms with van der Waals surface area (Å²) in [4.78, 5) is 35.6. The second kappa shape index (κ2) is 11.7. The molecule has 0 saturated carbocycles. The van der Waals surface area contributed by atoms with Crippen molar-refractivity contribution in [2.45, 2.75) is 40.2 Å². The van der Waals surface area contributed by atoms with Crippen LogP contribution < -0.4 is 16.0 Å². The molecule has 0 spiro atoms. The number of piperazine rings is 1.